The number of ketones is 1. The highest BCUT2D eigenvalue weighted by Gasteiger charge is 2.50. The molecular formula is C30H40O4Si. The molecule has 0 aliphatic carbocycles. The van der Waals surface area contributed by atoms with E-state index in [1.807, 2.05) is 38.1 Å². The van der Waals surface area contributed by atoms with Crippen molar-refractivity contribution in [3.05, 3.63) is 85.0 Å². The van der Waals surface area contributed by atoms with Crippen molar-refractivity contribution in [3.8, 4) is 0 Å². The third-order valence-electron chi connectivity index (χ3n) is 6.47. The Labute approximate surface area is 212 Å². The van der Waals surface area contributed by atoms with Crippen LogP contribution in [0.15, 0.2) is 85.0 Å². The summed E-state index contributed by atoms with van der Waals surface area (Å²) < 4.78 is 11.5. The molecule has 2 aromatic rings. The Kier molecular flexibility index (Phi) is 9.99. The standard InChI is InChI=1S/C30H40O4Si/c1-24(16-14-15-21-30(5,6)27(31)22-28(32)33-7)23-34-35(29(2,3)4,25-17-10-8-11-18-25)26-19-12-9-13-20-26/h8-14,16-20H,1,15,21-23H2,2-7H3/b16-14+. The first-order chi connectivity index (χ1) is 16.4. The van der Waals surface area contributed by atoms with Crippen LogP contribution in [0, 0.1) is 5.41 Å². The lowest BCUT2D eigenvalue weighted by Gasteiger charge is -2.43. The van der Waals surface area contributed by atoms with Crippen molar-refractivity contribution in [2.45, 2.75) is 58.9 Å². The van der Waals surface area contributed by atoms with Crippen LogP contribution in [0.25, 0.3) is 0 Å². The molecule has 0 heterocycles. The average molecular weight is 493 g/mol. The van der Waals surface area contributed by atoms with E-state index in [0.717, 1.165) is 5.57 Å². The maximum absolute atomic E-state index is 12.4. The molecule has 2 aromatic carbocycles. The van der Waals surface area contributed by atoms with Crippen molar-refractivity contribution in [1.29, 1.82) is 0 Å². The van der Waals surface area contributed by atoms with Gasteiger partial charge in [0, 0.05) is 5.41 Å². The van der Waals surface area contributed by atoms with Gasteiger partial charge in [-0.05, 0) is 33.8 Å². The minimum atomic E-state index is -2.61. The number of allylic oxidation sites excluding steroid dienone is 1. The lowest BCUT2D eigenvalue weighted by Crippen LogP contribution is -2.66. The van der Waals surface area contributed by atoms with Crippen molar-refractivity contribution in [1.82, 2.24) is 0 Å². The summed E-state index contributed by atoms with van der Waals surface area (Å²) in [6, 6.07) is 21.1. The number of Topliss-reactive ketones (excluding diaryl/α,β-unsaturated/α-hetero) is 1. The minimum Gasteiger partial charge on any atom is -0.469 e. The summed E-state index contributed by atoms with van der Waals surface area (Å²) in [5, 5.41) is 2.38. The highest BCUT2D eigenvalue weighted by molar-refractivity contribution is 6.99. The fourth-order valence-electron chi connectivity index (χ4n) is 4.29. The molecule has 0 unspecified atom stereocenters. The quantitative estimate of drug-likeness (QED) is 0.167. The number of methoxy groups -OCH3 is 1. The molecule has 35 heavy (non-hydrogen) atoms. The molecule has 0 amide bonds. The molecule has 4 nitrogen and oxygen atoms in total. The van der Waals surface area contributed by atoms with Crippen molar-refractivity contribution in [2.24, 2.45) is 5.41 Å². The molecule has 0 aromatic heterocycles. The first-order valence-electron chi connectivity index (χ1n) is 12.1. The predicted octanol–water partition coefficient (Wildman–Crippen LogP) is 5.61. The minimum absolute atomic E-state index is 0.0935. The predicted molar refractivity (Wildman–Crippen MR) is 147 cm³/mol. The van der Waals surface area contributed by atoms with Gasteiger partial charge in [-0.2, -0.15) is 0 Å². The third-order valence-corrected chi connectivity index (χ3v) is 11.5. The summed E-state index contributed by atoms with van der Waals surface area (Å²) in [7, 11) is -1.31. The smallest absolute Gasteiger partial charge is 0.313 e. The molecule has 188 valence electrons. The van der Waals surface area contributed by atoms with Crippen LogP contribution in [0.5, 0.6) is 0 Å². The van der Waals surface area contributed by atoms with Crippen molar-refractivity contribution >= 4 is 30.4 Å². The number of ether oxygens (including phenoxy) is 1. The highest BCUT2D eigenvalue weighted by atomic mass is 28.4. The number of rotatable bonds is 12. The van der Waals surface area contributed by atoms with Crippen LogP contribution >= 0.6 is 0 Å². The van der Waals surface area contributed by atoms with Crippen LogP contribution in [-0.2, 0) is 18.8 Å². The Morgan fingerprint density at radius 3 is 1.89 bits per heavy atom. The highest BCUT2D eigenvalue weighted by Crippen LogP contribution is 2.37. The third kappa shape index (κ3) is 7.36. The van der Waals surface area contributed by atoms with E-state index in [9.17, 15) is 9.59 Å². The SMILES string of the molecule is C=C(/C=C/CCC(C)(C)C(=O)CC(=O)OC)CO[Si](c1ccccc1)(c1ccccc1)C(C)(C)C. The fraction of sp³-hybridized carbons (Fsp3) is 0.400. The van der Waals surface area contributed by atoms with E-state index in [1.54, 1.807) is 0 Å². The second-order valence-electron chi connectivity index (χ2n) is 10.6. The molecule has 0 saturated heterocycles. The lowest BCUT2D eigenvalue weighted by molar-refractivity contribution is -0.145. The van der Waals surface area contributed by atoms with Crippen LogP contribution in [0.4, 0.5) is 0 Å². The van der Waals surface area contributed by atoms with Gasteiger partial charge in [0.1, 0.15) is 12.2 Å². The average Bonchev–Trinajstić information content (AvgIpc) is 2.82. The van der Waals surface area contributed by atoms with Crippen LogP contribution in [0.3, 0.4) is 0 Å². The monoisotopic (exact) mass is 492 g/mol. The zero-order chi connectivity index (χ0) is 26.1. The van der Waals surface area contributed by atoms with E-state index < -0.39 is 19.7 Å². The number of hydrogen-bond donors (Lipinski definition) is 0. The molecule has 2 rings (SSSR count). The van der Waals surface area contributed by atoms with Gasteiger partial charge in [-0.25, -0.2) is 0 Å². The molecule has 0 atom stereocenters. The van der Waals surface area contributed by atoms with Gasteiger partial charge < -0.3 is 9.16 Å². The number of carbonyl (C=O) groups excluding carboxylic acids is 2. The maximum Gasteiger partial charge on any atom is 0.313 e. The molecule has 0 spiro atoms. The molecule has 0 N–H and O–H groups in total. The Balaban J connectivity index is 2.13. The van der Waals surface area contributed by atoms with Crippen molar-refractivity contribution in [2.75, 3.05) is 13.7 Å². The lowest BCUT2D eigenvalue weighted by atomic mass is 9.82. The van der Waals surface area contributed by atoms with Crippen LogP contribution in [-0.4, -0.2) is 33.8 Å². The van der Waals surface area contributed by atoms with Gasteiger partial charge in [0.15, 0.2) is 0 Å². The topological polar surface area (TPSA) is 52.6 Å². The van der Waals surface area contributed by atoms with Gasteiger partial charge >= 0.3 is 5.97 Å². The van der Waals surface area contributed by atoms with E-state index in [0.29, 0.717) is 19.4 Å². The largest absolute Gasteiger partial charge is 0.469 e. The molecular weight excluding hydrogens is 452 g/mol. The fourth-order valence-corrected chi connectivity index (χ4v) is 8.84. The summed E-state index contributed by atoms with van der Waals surface area (Å²) in [6.07, 6.45) is 5.18. The first kappa shape index (κ1) is 28.5. The normalized spacial score (nSPS) is 12.5. The van der Waals surface area contributed by atoms with E-state index in [1.165, 1.54) is 17.5 Å². The van der Waals surface area contributed by atoms with Gasteiger partial charge in [-0.15, -0.1) is 0 Å². The van der Waals surface area contributed by atoms with Crippen molar-refractivity contribution < 1.29 is 18.8 Å². The van der Waals surface area contributed by atoms with E-state index in [2.05, 4.69) is 80.6 Å². The summed E-state index contributed by atoms with van der Waals surface area (Å²) >= 11 is 0. The molecule has 0 aliphatic heterocycles. The van der Waals surface area contributed by atoms with Gasteiger partial charge in [0.25, 0.3) is 8.32 Å². The number of hydrogen-bond acceptors (Lipinski definition) is 4. The van der Waals surface area contributed by atoms with Gasteiger partial charge in [-0.3, -0.25) is 9.59 Å². The van der Waals surface area contributed by atoms with Crippen LogP contribution in [0.1, 0.15) is 53.9 Å². The van der Waals surface area contributed by atoms with Gasteiger partial charge in [0.2, 0.25) is 0 Å². The Morgan fingerprint density at radius 1 is 0.914 bits per heavy atom. The van der Waals surface area contributed by atoms with Gasteiger partial charge in [0.05, 0.1) is 13.7 Å². The van der Waals surface area contributed by atoms with Crippen molar-refractivity contribution in [3.63, 3.8) is 0 Å². The number of esters is 1. The molecule has 0 radical (unpaired) electrons. The maximum atomic E-state index is 12.4. The molecule has 0 fully saturated rings. The van der Waals surface area contributed by atoms with E-state index in [-0.39, 0.29) is 17.2 Å². The molecule has 0 aliphatic rings. The zero-order valence-electron chi connectivity index (χ0n) is 22.1. The summed E-state index contributed by atoms with van der Waals surface area (Å²) in [4.78, 5) is 23.8. The summed E-state index contributed by atoms with van der Waals surface area (Å²) in [6.45, 7) is 15.2. The molecule has 5 heteroatoms. The Morgan fingerprint density at radius 2 is 1.43 bits per heavy atom. The molecule has 0 bridgehead atoms. The zero-order valence-corrected chi connectivity index (χ0v) is 23.1. The molecule has 0 saturated carbocycles. The Hall–Kier alpha value is -2.76. The number of carbonyl (C=O) groups is 2. The van der Waals surface area contributed by atoms with E-state index in [4.69, 9.17) is 4.43 Å². The van der Waals surface area contributed by atoms with Crippen LogP contribution < -0.4 is 10.4 Å². The van der Waals surface area contributed by atoms with Gasteiger partial charge in [-0.1, -0.05) is 114 Å². The first-order valence-corrected chi connectivity index (χ1v) is 14.0. The number of benzene rings is 2. The van der Waals surface area contributed by atoms with E-state index >= 15 is 0 Å². The second-order valence-corrected chi connectivity index (χ2v) is 14.9. The second kappa shape index (κ2) is 12.3. The summed E-state index contributed by atoms with van der Waals surface area (Å²) in [5.74, 6) is -0.598. The Bertz CT molecular complexity index is 978. The van der Waals surface area contributed by atoms with Crippen LogP contribution in [0.2, 0.25) is 5.04 Å². The summed E-state index contributed by atoms with van der Waals surface area (Å²) in [5.41, 5.74) is 0.294.